The Labute approximate surface area is 187 Å². The van der Waals surface area contributed by atoms with Crippen molar-refractivity contribution in [3.05, 3.63) is 52.3 Å². The summed E-state index contributed by atoms with van der Waals surface area (Å²) in [6.07, 6.45) is 0. The molecule has 0 aliphatic rings. The number of aromatic nitrogens is 1. The number of esters is 1. The Morgan fingerprint density at radius 3 is 2.26 bits per heavy atom. The fraction of sp³-hybridized carbons (Fsp3) is 0.417. The first-order valence-electron chi connectivity index (χ1n) is 10.0. The topological polar surface area (TPSA) is 93.3 Å². The monoisotopic (exact) mass is 443 g/mol. The van der Waals surface area contributed by atoms with Gasteiger partial charge in [-0.2, -0.15) is 0 Å². The van der Waals surface area contributed by atoms with Crippen molar-refractivity contribution in [2.75, 3.05) is 6.61 Å². The number of rotatable bonds is 8. The van der Waals surface area contributed by atoms with Crippen molar-refractivity contribution >= 4 is 35.1 Å². The Morgan fingerprint density at radius 1 is 1.10 bits per heavy atom. The van der Waals surface area contributed by atoms with Gasteiger partial charge in [0.2, 0.25) is 0 Å². The van der Waals surface area contributed by atoms with Crippen molar-refractivity contribution in [2.24, 2.45) is 5.41 Å². The van der Waals surface area contributed by atoms with E-state index < -0.39 is 16.6 Å². The molecule has 0 unspecified atom stereocenters. The van der Waals surface area contributed by atoms with Crippen molar-refractivity contribution in [1.82, 2.24) is 4.98 Å². The molecule has 7 heteroatoms. The number of Topliss-reactive ketones (excluding diaryl/α,β-unsaturated/α-hetero) is 3. The van der Waals surface area contributed by atoms with E-state index in [4.69, 9.17) is 4.74 Å². The van der Waals surface area contributed by atoms with Gasteiger partial charge in [-0.25, -0.2) is 4.79 Å². The van der Waals surface area contributed by atoms with Crippen molar-refractivity contribution in [1.29, 1.82) is 0 Å². The van der Waals surface area contributed by atoms with Gasteiger partial charge in [0.15, 0.2) is 24.0 Å². The van der Waals surface area contributed by atoms with Gasteiger partial charge in [-0.1, -0.05) is 32.9 Å². The van der Waals surface area contributed by atoms with Gasteiger partial charge in [0.05, 0.1) is 16.5 Å². The highest BCUT2D eigenvalue weighted by molar-refractivity contribution is 8.00. The second-order valence-electron chi connectivity index (χ2n) is 8.55. The van der Waals surface area contributed by atoms with Gasteiger partial charge < -0.3 is 9.72 Å². The lowest BCUT2D eigenvalue weighted by Gasteiger charge is -2.17. The zero-order chi connectivity index (χ0) is 23.5. The Bertz CT molecular complexity index is 1030. The molecule has 2 aromatic rings. The molecule has 1 aromatic carbocycles. The molecule has 166 valence electrons. The summed E-state index contributed by atoms with van der Waals surface area (Å²) in [5.41, 5.74) is 1.94. The first-order chi connectivity index (χ1) is 14.3. The second kappa shape index (κ2) is 9.64. The predicted molar refractivity (Wildman–Crippen MR) is 121 cm³/mol. The Morgan fingerprint density at radius 2 is 1.71 bits per heavy atom. The van der Waals surface area contributed by atoms with Crippen molar-refractivity contribution < 1.29 is 23.9 Å². The summed E-state index contributed by atoms with van der Waals surface area (Å²) in [5, 5.41) is -0.512. The highest BCUT2D eigenvalue weighted by Crippen LogP contribution is 2.31. The standard InChI is InChI=1S/C24H29NO5S/c1-13-20(15(3)26)14(2)25-21(13)22(28)16(4)31-18-11-9-8-10-17(18)23(29)30-12-19(27)24(5,6)7/h8-11,16,25H,12H2,1-7H3/t16-/m1/s1. The van der Waals surface area contributed by atoms with Crippen LogP contribution in [-0.4, -0.2) is 40.2 Å². The molecule has 0 radical (unpaired) electrons. The third-order valence-corrected chi connectivity index (χ3v) is 6.16. The number of hydrogen-bond acceptors (Lipinski definition) is 6. The first-order valence-corrected chi connectivity index (χ1v) is 10.9. The average molecular weight is 444 g/mol. The van der Waals surface area contributed by atoms with Crippen LogP contribution in [0.5, 0.6) is 0 Å². The van der Waals surface area contributed by atoms with Crippen LogP contribution in [0.3, 0.4) is 0 Å². The van der Waals surface area contributed by atoms with Gasteiger partial charge >= 0.3 is 5.97 Å². The second-order valence-corrected chi connectivity index (χ2v) is 9.93. The maximum atomic E-state index is 13.0. The largest absolute Gasteiger partial charge is 0.454 e. The molecule has 1 aromatic heterocycles. The quantitative estimate of drug-likeness (QED) is 0.352. The summed E-state index contributed by atoms with van der Waals surface area (Å²) in [6, 6.07) is 6.83. The number of ketones is 3. The fourth-order valence-electron chi connectivity index (χ4n) is 3.14. The molecule has 0 saturated carbocycles. The molecule has 0 bridgehead atoms. The van der Waals surface area contributed by atoms with Crippen molar-refractivity contribution in [2.45, 2.75) is 58.6 Å². The minimum absolute atomic E-state index is 0.0940. The van der Waals surface area contributed by atoms with Crippen LogP contribution in [0, 0.1) is 19.3 Å². The Kier molecular flexibility index (Phi) is 7.65. The molecule has 2 rings (SSSR count). The third kappa shape index (κ3) is 5.73. The summed E-state index contributed by atoms with van der Waals surface area (Å²) < 4.78 is 5.22. The zero-order valence-corrected chi connectivity index (χ0v) is 19.9. The van der Waals surface area contributed by atoms with Crippen LogP contribution in [0.1, 0.15) is 77.1 Å². The van der Waals surface area contributed by atoms with Gasteiger partial charge in [-0.05, 0) is 45.4 Å². The smallest absolute Gasteiger partial charge is 0.339 e. The third-order valence-electron chi connectivity index (χ3n) is 4.99. The number of H-pyrrole nitrogens is 1. The van der Waals surface area contributed by atoms with Crippen LogP contribution < -0.4 is 0 Å². The molecule has 31 heavy (non-hydrogen) atoms. The van der Waals surface area contributed by atoms with Crippen LogP contribution >= 0.6 is 11.8 Å². The maximum absolute atomic E-state index is 13.0. The molecular weight excluding hydrogens is 414 g/mol. The Balaban J connectivity index is 2.19. The molecule has 1 atom stereocenters. The van der Waals surface area contributed by atoms with E-state index in [0.29, 0.717) is 33.0 Å². The van der Waals surface area contributed by atoms with Crippen LogP contribution in [0.4, 0.5) is 0 Å². The van der Waals surface area contributed by atoms with Crippen LogP contribution in [-0.2, 0) is 9.53 Å². The maximum Gasteiger partial charge on any atom is 0.339 e. The van der Waals surface area contributed by atoms with E-state index in [1.165, 1.54) is 18.7 Å². The number of aryl methyl sites for hydroxylation is 1. The van der Waals surface area contributed by atoms with Gasteiger partial charge in [0.25, 0.3) is 0 Å². The van der Waals surface area contributed by atoms with E-state index in [0.717, 1.165) is 0 Å². The van der Waals surface area contributed by atoms with Gasteiger partial charge in [0, 0.05) is 21.6 Å². The molecule has 1 heterocycles. The number of hydrogen-bond donors (Lipinski definition) is 1. The molecular formula is C24H29NO5S. The van der Waals surface area contributed by atoms with E-state index in [-0.39, 0.29) is 24.0 Å². The summed E-state index contributed by atoms with van der Waals surface area (Å²) >= 11 is 1.23. The molecule has 0 spiro atoms. The normalized spacial score (nSPS) is 12.4. The minimum Gasteiger partial charge on any atom is -0.454 e. The summed E-state index contributed by atoms with van der Waals surface area (Å²) in [4.78, 5) is 53.2. The summed E-state index contributed by atoms with van der Waals surface area (Å²) in [5.74, 6) is -1.04. The number of carbonyl (C=O) groups excluding carboxylic acids is 4. The Hall–Kier alpha value is -2.67. The van der Waals surface area contributed by atoms with Crippen LogP contribution in [0.2, 0.25) is 0 Å². The zero-order valence-electron chi connectivity index (χ0n) is 19.0. The first kappa shape index (κ1) is 24.6. The number of nitrogens with one attached hydrogen (secondary N) is 1. The number of thioether (sulfide) groups is 1. The molecule has 0 fully saturated rings. The van der Waals surface area contributed by atoms with Crippen LogP contribution in [0.15, 0.2) is 29.2 Å². The number of benzene rings is 1. The predicted octanol–water partition coefficient (Wildman–Crippen LogP) is 4.97. The molecule has 0 amide bonds. The number of ether oxygens (including phenoxy) is 1. The van der Waals surface area contributed by atoms with Gasteiger partial charge in [-0.15, -0.1) is 11.8 Å². The van der Waals surface area contributed by atoms with Gasteiger partial charge in [-0.3, -0.25) is 14.4 Å². The lowest BCUT2D eigenvalue weighted by atomic mass is 9.91. The minimum atomic E-state index is -0.605. The lowest BCUT2D eigenvalue weighted by Crippen LogP contribution is -2.26. The molecule has 0 saturated heterocycles. The highest BCUT2D eigenvalue weighted by Gasteiger charge is 2.27. The average Bonchev–Trinajstić information content (AvgIpc) is 2.98. The lowest BCUT2D eigenvalue weighted by molar-refractivity contribution is -0.129. The summed E-state index contributed by atoms with van der Waals surface area (Å²) in [6.45, 7) is 11.7. The van der Waals surface area contributed by atoms with E-state index in [1.54, 1.807) is 65.8 Å². The fourth-order valence-corrected chi connectivity index (χ4v) is 4.18. The molecule has 0 aliphatic heterocycles. The SMILES string of the molecule is CC(=O)c1c(C)[nH]c(C(=O)[C@@H](C)Sc2ccccc2C(=O)OCC(=O)C(C)(C)C)c1C. The molecule has 0 aliphatic carbocycles. The van der Waals surface area contributed by atoms with Crippen molar-refractivity contribution in [3.63, 3.8) is 0 Å². The molecule has 6 nitrogen and oxygen atoms in total. The highest BCUT2D eigenvalue weighted by atomic mass is 32.2. The number of aromatic amines is 1. The van der Waals surface area contributed by atoms with Crippen LogP contribution in [0.25, 0.3) is 0 Å². The molecule has 1 N–H and O–H groups in total. The van der Waals surface area contributed by atoms with E-state index in [9.17, 15) is 19.2 Å². The van der Waals surface area contributed by atoms with Gasteiger partial charge in [0.1, 0.15) is 0 Å². The van der Waals surface area contributed by atoms with E-state index in [2.05, 4.69) is 4.98 Å². The van der Waals surface area contributed by atoms with E-state index >= 15 is 0 Å². The number of carbonyl (C=O) groups is 4. The summed E-state index contributed by atoms with van der Waals surface area (Å²) in [7, 11) is 0. The van der Waals surface area contributed by atoms with Crippen molar-refractivity contribution in [3.8, 4) is 0 Å². The van der Waals surface area contributed by atoms with E-state index in [1.807, 2.05) is 0 Å².